The summed E-state index contributed by atoms with van der Waals surface area (Å²) in [7, 11) is 0. The van der Waals surface area contributed by atoms with Gasteiger partial charge in [-0.05, 0) is 148 Å². The number of anilines is 6. The molecular formula is C78H58N2. The topological polar surface area (TPSA) is 6.48 Å². The summed E-state index contributed by atoms with van der Waals surface area (Å²) in [6.45, 7) is 8.59. The molecule has 2 heteroatoms. The van der Waals surface area contributed by atoms with E-state index in [9.17, 15) is 0 Å². The molecule has 0 atom stereocenters. The van der Waals surface area contributed by atoms with Crippen LogP contribution < -0.4 is 9.80 Å². The largest absolute Gasteiger partial charge is 0.309 e. The zero-order valence-electron chi connectivity index (χ0n) is 45.5. The van der Waals surface area contributed by atoms with Crippen LogP contribution in [0.5, 0.6) is 0 Å². The molecule has 0 amide bonds. The van der Waals surface area contributed by atoms with Crippen LogP contribution in [0.25, 0.3) is 88.4 Å². The van der Waals surface area contributed by atoms with Gasteiger partial charge in [0, 0.05) is 55.1 Å². The van der Waals surface area contributed by atoms with Crippen LogP contribution in [0.15, 0.2) is 261 Å². The van der Waals surface area contributed by atoms with Crippen molar-refractivity contribution in [1.29, 1.82) is 0 Å². The number of aryl methyl sites for hydroxylation is 4. The van der Waals surface area contributed by atoms with Crippen molar-refractivity contribution in [2.75, 3.05) is 9.80 Å². The van der Waals surface area contributed by atoms with Crippen LogP contribution in [0.1, 0.15) is 50.1 Å². The molecule has 14 aromatic carbocycles. The van der Waals surface area contributed by atoms with Gasteiger partial charge in [0.2, 0.25) is 0 Å². The van der Waals surface area contributed by atoms with Crippen molar-refractivity contribution < 1.29 is 0 Å². The van der Waals surface area contributed by atoms with Crippen molar-refractivity contribution in [3.05, 3.63) is 311 Å². The number of benzene rings is 14. The van der Waals surface area contributed by atoms with E-state index in [2.05, 4.69) is 317 Å². The van der Waals surface area contributed by atoms with Crippen molar-refractivity contribution in [1.82, 2.24) is 0 Å². The quantitative estimate of drug-likeness (QED) is 0.0724. The van der Waals surface area contributed by atoms with Gasteiger partial charge in [-0.15, -0.1) is 0 Å². The average molecular weight is 1020 g/mol. The van der Waals surface area contributed by atoms with Gasteiger partial charge >= 0.3 is 0 Å². The van der Waals surface area contributed by atoms with E-state index in [1.54, 1.807) is 0 Å². The molecule has 0 N–H and O–H groups in total. The maximum atomic E-state index is 2.50. The first kappa shape index (κ1) is 48.4. The number of hydrogen-bond donors (Lipinski definition) is 0. The van der Waals surface area contributed by atoms with Gasteiger partial charge in [-0.1, -0.05) is 247 Å². The summed E-state index contributed by atoms with van der Waals surface area (Å²) in [6.07, 6.45) is 6.73. The highest BCUT2D eigenvalue weighted by molar-refractivity contribution is 6.46. The minimum absolute atomic E-state index is 1.09. The zero-order chi connectivity index (χ0) is 53.8. The smallest absolute Gasteiger partial charge is 0.0619 e. The van der Waals surface area contributed by atoms with Crippen molar-refractivity contribution in [3.63, 3.8) is 0 Å². The van der Waals surface area contributed by atoms with Crippen LogP contribution in [-0.2, 0) is 0 Å². The van der Waals surface area contributed by atoms with Gasteiger partial charge in [0.1, 0.15) is 0 Å². The molecule has 0 radical (unpaired) electrons. The van der Waals surface area contributed by atoms with Gasteiger partial charge in [-0.3, -0.25) is 0 Å². The number of rotatable bonds is 11. The third-order valence-electron chi connectivity index (χ3n) is 16.2. The lowest BCUT2D eigenvalue weighted by molar-refractivity contribution is 1.30. The van der Waals surface area contributed by atoms with Gasteiger partial charge in [-0.2, -0.15) is 0 Å². The second kappa shape index (κ2) is 20.1. The maximum absolute atomic E-state index is 2.50. The SMILES string of the molecule is Cc1ccc(C=Cc2ccc(N(c3ccccc3)c3c4ccccc4c4c5c3cccc5c3cccc5c(N(c6ccc(C)cc6)c6ccc(C=C(c7ccc(C)cc7)c7ccc(C)cc7)cc6)c6ccccc6c4c53)cc2)cc1. The van der Waals surface area contributed by atoms with Crippen molar-refractivity contribution in [2.24, 2.45) is 0 Å². The molecular weight excluding hydrogens is 965 g/mol. The number of nitrogens with zero attached hydrogens (tertiary/aromatic N) is 2. The monoisotopic (exact) mass is 1020 g/mol. The third-order valence-corrected chi connectivity index (χ3v) is 16.2. The van der Waals surface area contributed by atoms with E-state index < -0.39 is 0 Å². The standard InChI is InChI=1S/C78H58N2/c1-51-24-32-55(33-25-51)34-35-56-36-46-62(47-37-56)79(60-14-6-5-7-15-60)77-68-18-10-8-16-66(68)75-73-64(20-12-22-70(73)77)65-21-13-23-71-74(65)76(75)67-17-9-11-19-69(67)78(71)80(61-44-30-54(4)31-45-61)63-48-38-57(39-49-63)50-72(58-40-26-52(2)27-41-58)59-42-28-53(3)29-43-59/h5-50H,1-4H3. The van der Waals surface area contributed by atoms with E-state index in [0.29, 0.717) is 0 Å². The van der Waals surface area contributed by atoms with Crippen LogP contribution in [0, 0.1) is 27.7 Å². The Bertz CT molecular complexity index is 4620. The predicted octanol–water partition coefficient (Wildman–Crippen LogP) is 22.0. The van der Waals surface area contributed by atoms with E-state index in [-0.39, 0.29) is 0 Å². The maximum Gasteiger partial charge on any atom is 0.0619 e. The van der Waals surface area contributed by atoms with Gasteiger partial charge < -0.3 is 9.80 Å². The Kier molecular flexibility index (Phi) is 12.1. The normalized spacial score (nSPS) is 11.7. The molecule has 0 aliphatic rings. The van der Waals surface area contributed by atoms with Crippen molar-refractivity contribution in [2.45, 2.75) is 27.7 Å². The molecule has 80 heavy (non-hydrogen) atoms. The van der Waals surface area contributed by atoms with Gasteiger partial charge in [-0.25, -0.2) is 0 Å². The molecule has 0 spiro atoms. The third kappa shape index (κ3) is 8.54. The Morgan fingerprint density at radius 2 is 0.550 bits per heavy atom. The fourth-order valence-corrected chi connectivity index (χ4v) is 12.2. The van der Waals surface area contributed by atoms with Crippen LogP contribution in [-0.4, -0.2) is 0 Å². The molecule has 0 heterocycles. The van der Waals surface area contributed by atoms with Gasteiger partial charge in [0.25, 0.3) is 0 Å². The lowest BCUT2D eigenvalue weighted by Crippen LogP contribution is -2.12. The molecule has 2 nitrogen and oxygen atoms in total. The Morgan fingerprint density at radius 3 is 0.988 bits per heavy atom. The first-order valence-corrected chi connectivity index (χ1v) is 27.8. The van der Waals surface area contributed by atoms with Crippen LogP contribution in [0.3, 0.4) is 0 Å². The molecule has 0 aliphatic carbocycles. The molecule has 0 saturated carbocycles. The second-order valence-corrected chi connectivity index (χ2v) is 21.6. The summed E-state index contributed by atoms with van der Waals surface area (Å²) in [5.74, 6) is 0. The van der Waals surface area contributed by atoms with Crippen molar-refractivity contribution in [3.8, 4) is 0 Å². The number of hydrogen-bond acceptors (Lipinski definition) is 2. The molecule has 0 aromatic heterocycles. The minimum Gasteiger partial charge on any atom is -0.309 e. The molecule has 0 fully saturated rings. The van der Waals surface area contributed by atoms with Crippen molar-refractivity contribution >= 4 is 123 Å². The van der Waals surface area contributed by atoms with E-state index in [0.717, 1.165) is 39.6 Å². The molecule has 14 rings (SSSR count). The van der Waals surface area contributed by atoms with Crippen LogP contribution >= 0.6 is 0 Å². The average Bonchev–Trinajstić information content (AvgIpc) is 3.69. The molecule has 0 bridgehead atoms. The summed E-state index contributed by atoms with van der Waals surface area (Å²) in [4.78, 5) is 4.97. The summed E-state index contributed by atoms with van der Waals surface area (Å²) >= 11 is 0. The second-order valence-electron chi connectivity index (χ2n) is 21.6. The predicted molar refractivity (Wildman–Crippen MR) is 346 cm³/mol. The summed E-state index contributed by atoms with van der Waals surface area (Å²) < 4.78 is 0. The Morgan fingerprint density at radius 1 is 0.250 bits per heavy atom. The summed E-state index contributed by atoms with van der Waals surface area (Å²) in [5.41, 5.74) is 18.8. The fourth-order valence-electron chi connectivity index (χ4n) is 12.2. The zero-order valence-corrected chi connectivity index (χ0v) is 45.5. The first-order chi connectivity index (χ1) is 39.3. The molecule has 380 valence electrons. The fraction of sp³-hybridized carbons (Fsp3) is 0.0513. The van der Waals surface area contributed by atoms with Crippen LogP contribution in [0.4, 0.5) is 34.1 Å². The Labute approximate surface area is 468 Å². The highest BCUT2D eigenvalue weighted by Crippen LogP contribution is 2.55. The molecule has 14 aromatic rings. The van der Waals surface area contributed by atoms with E-state index in [4.69, 9.17) is 0 Å². The highest BCUT2D eigenvalue weighted by atomic mass is 15.2. The van der Waals surface area contributed by atoms with E-state index in [1.165, 1.54) is 115 Å². The summed E-state index contributed by atoms with van der Waals surface area (Å²) in [6, 6.07) is 96.7. The summed E-state index contributed by atoms with van der Waals surface area (Å²) in [5, 5.41) is 14.8. The van der Waals surface area contributed by atoms with E-state index in [1.807, 2.05) is 0 Å². The lowest BCUT2D eigenvalue weighted by atomic mass is 9.83. The Hall–Kier alpha value is -10.0. The number of fused-ring (bicyclic) bond motifs is 6. The molecule has 0 saturated heterocycles. The van der Waals surface area contributed by atoms with E-state index >= 15 is 0 Å². The van der Waals surface area contributed by atoms with Gasteiger partial charge in [0.15, 0.2) is 0 Å². The number of para-hydroxylation sites is 1. The molecule has 0 unspecified atom stereocenters. The molecule has 0 aliphatic heterocycles. The Balaban J connectivity index is 0.992. The van der Waals surface area contributed by atoms with Gasteiger partial charge in [0.05, 0.1) is 11.4 Å². The minimum atomic E-state index is 1.09. The first-order valence-electron chi connectivity index (χ1n) is 27.8. The van der Waals surface area contributed by atoms with Crippen LogP contribution in [0.2, 0.25) is 0 Å². The lowest BCUT2D eigenvalue weighted by Gasteiger charge is -2.31. The highest BCUT2D eigenvalue weighted by Gasteiger charge is 2.28.